The lowest BCUT2D eigenvalue weighted by Gasteiger charge is -2.11. The van der Waals surface area contributed by atoms with Crippen LogP contribution in [0.4, 0.5) is 0 Å². The molecule has 0 radical (unpaired) electrons. The SMILES string of the molecule is C=C(C)C(=O)Oc1cccc(OC(=O)C(C)C)c1O. The number of benzene rings is 1. The summed E-state index contributed by atoms with van der Waals surface area (Å²) >= 11 is 0. The van der Waals surface area contributed by atoms with E-state index in [1.807, 2.05) is 0 Å². The molecule has 0 amide bonds. The van der Waals surface area contributed by atoms with E-state index in [1.165, 1.54) is 25.1 Å². The first-order valence-corrected chi connectivity index (χ1v) is 5.74. The number of hydrogen-bond donors (Lipinski definition) is 1. The third-order valence-electron chi connectivity index (χ3n) is 2.20. The third kappa shape index (κ3) is 3.84. The molecule has 1 aromatic rings. The Hall–Kier alpha value is -2.30. The molecule has 0 aromatic heterocycles. The Morgan fingerprint density at radius 1 is 1.21 bits per heavy atom. The van der Waals surface area contributed by atoms with Gasteiger partial charge < -0.3 is 14.6 Å². The number of para-hydroxylation sites is 1. The Balaban J connectivity index is 2.95. The van der Waals surface area contributed by atoms with Crippen molar-refractivity contribution in [2.24, 2.45) is 5.92 Å². The van der Waals surface area contributed by atoms with Crippen molar-refractivity contribution in [1.29, 1.82) is 0 Å². The fourth-order valence-corrected chi connectivity index (χ4v) is 1.08. The fourth-order valence-electron chi connectivity index (χ4n) is 1.08. The summed E-state index contributed by atoms with van der Waals surface area (Å²) in [5.41, 5.74) is 0.198. The van der Waals surface area contributed by atoms with E-state index in [4.69, 9.17) is 9.47 Å². The number of hydrogen-bond acceptors (Lipinski definition) is 5. The normalized spacial score (nSPS) is 10.1. The van der Waals surface area contributed by atoms with Gasteiger partial charge in [-0.2, -0.15) is 0 Å². The van der Waals surface area contributed by atoms with Crippen LogP contribution in [0.2, 0.25) is 0 Å². The predicted octanol–water partition coefficient (Wildman–Crippen LogP) is 2.44. The standard InChI is InChI=1S/C14H16O5/c1-8(2)13(16)18-10-6-5-7-11(12(10)15)19-14(17)9(3)4/h5-7,9,15H,1H2,2-4H3. The number of aromatic hydroxyl groups is 1. The van der Waals surface area contributed by atoms with Crippen LogP contribution in [0, 0.1) is 5.92 Å². The van der Waals surface area contributed by atoms with E-state index >= 15 is 0 Å². The Kier molecular flexibility index (Phi) is 4.69. The first-order valence-electron chi connectivity index (χ1n) is 5.74. The lowest BCUT2D eigenvalue weighted by Crippen LogP contribution is -2.15. The first kappa shape index (κ1) is 14.8. The molecular weight excluding hydrogens is 248 g/mol. The van der Waals surface area contributed by atoms with Gasteiger partial charge in [0.25, 0.3) is 0 Å². The van der Waals surface area contributed by atoms with Crippen molar-refractivity contribution >= 4 is 11.9 Å². The Labute approximate surface area is 111 Å². The van der Waals surface area contributed by atoms with E-state index in [1.54, 1.807) is 13.8 Å². The zero-order chi connectivity index (χ0) is 14.6. The highest BCUT2D eigenvalue weighted by molar-refractivity contribution is 5.89. The van der Waals surface area contributed by atoms with Crippen molar-refractivity contribution in [2.75, 3.05) is 0 Å². The molecule has 1 aromatic carbocycles. The maximum absolute atomic E-state index is 11.5. The van der Waals surface area contributed by atoms with E-state index in [0.717, 1.165) is 0 Å². The molecule has 0 bridgehead atoms. The first-order chi connectivity index (χ1) is 8.82. The van der Waals surface area contributed by atoms with E-state index in [0.29, 0.717) is 0 Å². The topological polar surface area (TPSA) is 72.8 Å². The van der Waals surface area contributed by atoms with E-state index in [9.17, 15) is 14.7 Å². The van der Waals surface area contributed by atoms with Crippen LogP contribution < -0.4 is 9.47 Å². The minimum absolute atomic E-state index is 0.0503. The van der Waals surface area contributed by atoms with Crippen LogP contribution in [0.1, 0.15) is 20.8 Å². The molecule has 1 rings (SSSR count). The molecule has 0 fully saturated rings. The summed E-state index contributed by atoms with van der Waals surface area (Å²) in [7, 11) is 0. The molecule has 0 atom stereocenters. The van der Waals surface area contributed by atoms with Crippen LogP contribution in [0.15, 0.2) is 30.4 Å². The van der Waals surface area contributed by atoms with Crippen molar-refractivity contribution in [1.82, 2.24) is 0 Å². The van der Waals surface area contributed by atoms with E-state index < -0.39 is 17.7 Å². The van der Waals surface area contributed by atoms with Crippen LogP contribution in [0.25, 0.3) is 0 Å². The van der Waals surface area contributed by atoms with Crippen molar-refractivity contribution < 1.29 is 24.2 Å². The zero-order valence-corrected chi connectivity index (χ0v) is 11.1. The van der Waals surface area contributed by atoms with Crippen LogP contribution in [-0.4, -0.2) is 17.0 Å². The number of ether oxygens (including phenoxy) is 2. The predicted molar refractivity (Wildman–Crippen MR) is 69.0 cm³/mol. The molecule has 0 aliphatic rings. The lowest BCUT2D eigenvalue weighted by molar-refractivity contribution is -0.137. The maximum Gasteiger partial charge on any atom is 0.338 e. The monoisotopic (exact) mass is 264 g/mol. The molecule has 0 unspecified atom stereocenters. The highest BCUT2D eigenvalue weighted by Crippen LogP contribution is 2.36. The quantitative estimate of drug-likeness (QED) is 0.513. The summed E-state index contributed by atoms with van der Waals surface area (Å²) < 4.78 is 9.90. The molecule has 1 N–H and O–H groups in total. The smallest absolute Gasteiger partial charge is 0.338 e. The van der Waals surface area contributed by atoms with Crippen LogP contribution in [0.5, 0.6) is 17.2 Å². The highest BCUT2D eigenvalue weighted by atomic mass is 16.6. The minimum Gasteiger partial charge on any atom is -0.502 e. The number of rotatable bonds is 4. The minimum atomic E-state index is -0.664. The zero-order valence-electron chi connectivity index (χ0n) is 11.1. The van der Waals surface area contributed by atoms with Gasteiger partial charge in [-0.15, -0.1) is 0 Å². The molecule has 5 heteroatoms. The molecule has 0 saturated heterocycles. The van der Waals surface area contributed by atoms with E-state index in [-0.39, 0.29) is 23.0 Å². The van der Waals surface area contributed by atoms with Gasteiger partial charge in [0.1, 0.15) is 0 Å². The molecular formula is C14H16O5. The van der Waals surface area contributed by atoms with Crippen molar-refractivity contribution in [3.05, 3.63) is 30.4 Å². The van der Waals surface area contributed by atoms with Crippen LogP contribution in [0.3, 0.4) is 0 Å². The number of phenolic OH excluding ortho intramolecular Hbond substituents is 1. The number of carbonyl (C=O) groups is 2. The van der Waals surface area contributed by atoms with Gasteiger partial charge in [-0.3, -0.25) is 4.79 Å². The fraction of sp³-hybridized carbons (Fsp3) is 0.286. The second kappa shape index (κ2) is 6.04. The lowest BCUT2D eigenvalue weighted by atomic mass is 10.2. The van der Waals surface area contributed by atoms with Gasteiger partial charge in [-0.1, -0.05) is 26.5 Å². The maximum atomic E-state index is 11.5. The summed E-state index contributed by atoms with van der Waals surface area (Å²) in [6, 6.07) is 4.31. The highest BCUT2D eigenvalue weighted by Gasteiger charge is 2.17. The van der Waals surface area contributed by atoms with Gasteiger partial charge in [0, 0.05) is 5.57 Å². The average molecular weight is 264 g/mol. The average Bonchev–Trinajstić information content (AvgIpc) is 2.33. The van der Waals surface area contributed by atoms with Gasteiger partial charge >= 0.3 is 11.9 Å². The van der Waals surface area contributed by atoms with Crippen molar-refractivity contribution in [2.45, 2.75) is 20.8 Å². The molecule has 0 aliphatic heterocycles. The van der Waals surface area contributed by atoms with Crippen LogP contribution in [-0.2, 0) is 9.59 Å². The molecule has 0 saturated carbocycles. The molecule has 0 heterocycles. The Bertz CT molecular complexity index is 517. The van der Waals surface area contributed by atoms with Crippen molar-refractivity contribution in [3.8, 4) is 17.2 Å². The molecule has 0 aliphatic carbocycles. The van der Waals surface area contributed by atoms with E-state index in [2.05, 4.69) is 6.58 Å². The summed E-state index contributed by atoms with van der Waals surface area (Å²) in [6.45, 7) is 8.26. The van der Waals surface area contributed by atoms with Crippen LogP contribution >= 0.6 is 0 Å². The van der Waals surface area contributed by atoms with Crippen molar-refractivity contribution in [3.63, 3.8) is 0 Å². The van der Waals surface area contributed by atoms with Gasteiger partial charge in [-0.25, -0.2) is 4.79 Å². The molecule has 0 spiro atoms. The second-order valence-corrected chi connectivity index (χ2v) is 4.35. The second-order valence-electron chi connectivity index (χ2n) is 4.35. The molecule has 102 valence electrons. The summed E-state index contributed by atoms with van der Waals surface area (Å²) in [5.74, 6) is -2.01. The molecule has 19 heavy (non-hydrogen) atoms. The number of carbonyl (C=O) groups excluding carboxylic acids is 2. The van der Waals surface area contributed by atoms with Gasteiger partial charge in [0.15, 0.2) is 11.5 Å². The summed E-state index contributed by atoms with van der Waals surface area (Å²) in [6.07, 6.45) is 0. The number of esters is 2. The Morgan fingerprint density at radius 3 is 2.21 bits per heavy atom. The summed E-state index contributed by atoms with van der Waals surface area (Å²) in [4.78, 5) is 22.8. The van der Waals surface area contributed by atoms with Gasteiger partial charge in [0.2, 0.25) is 5.75 Å². The number of phenols is 1. The van der Waals surface area contributed by atoms with Gasteiger partial charge in [-0.05, 0) is 19.1 Å². The summed E-state index contributed by atoms with van der Waals surface area (Å²) in [5, 5.41) is 9.87. The third-order valence-corrected chi connectivity index (χ3v) is 2.20. The molecule has 5 nitrogen and oxygen atoms in total. The van der Waals surface area contributed by atoms with Gasteiger partial charge in [0.05, 0.1) is 5.92 Å². The Morgan fingerprint density at radius 2 is 1.74 bits per heavy atom. The largest absolute Gasteiger partial charge is 0.502 e.